The Balaban J connectivity index is 1.82. The molecular formula is C63H71N5S. The number of unbranched alkanes of at least 4 members (excludes halogenated alkanes) is 2. The van der Waals surface area contributed by atoms with Crippen LogP contribution in [0.15, 0.2) is 103 Å². The number of hydrogen-bond donors (Lipinski definition) is 0. The molecule has 0 radical (unpaired) electrons. The van der Waals surface area contributed by atoms with Crippen molar-refractivity contribution in [2.24, 2.45) is 5.92 Å². The molecule has 5 nitrogen and oxygen atoms in total. The zero-order valence-electron chi connectivity index (χ0n) is 43.7. The Hall–Kier alpha value is -6.44. The van der Waals surface area contributed by atoms with E-state index < -0.39 is 5.92 Å². The van der Waals surface area contributed by atoms with Crippen LogP contribution in [0.1, 0.15) is 162 Å². The van der Waals surface area contributed by atoms with Gasteiger partial charge in [0.15, 0.2) is 5.92 Å². The first-order valence-electron chi connectivity index (χ1n) is 24.7. The molecule has 0 aliphatic heterocycles. The van der Waals surface area contributed by atoms with Crippen molar-refractivity contribution in [2.75, 3.05) is 18.0 Å². The molecule has 69 heavy (non-hydrogen) atoms. The number of hydrogen-bond acceptors (Lipinski definition) is 6. The fourth-order valence-corrected chi connectivity index (χ4v) is 10.6. The molecule has 0 unspecified atom stereocenters. The second-order valence-corrected chi connectivity index (χ2v) is 23.8. The van der Waals surface area contributed by atoms with E-state index in [-0.39, 0.29) is 27.2 Å². The summed E-state index contributed by atoms with van der Waals surface area (Å²) in [5.41, 5.74) is 14.6. The molecule has 1 aromatic carbocycles. The van der Waals surface area contributed by atoms with Crippen LogP contribution in [0.4, 0.5) is 5.69 Å². The van der Waals surface area contributed by atoms with Gasteiger partial charge in [0.2, 0.25) is 0 Å². The highest BCUT2D eigenvalue weighted by atomic mass is 32.1. The third kappa shape index (κ3) is 11.1. The van der Waals surface area contributed by atoms with Crippen LogP contribution in [-0.2, 0) is 21.7 Å². The highest BCUT2D eigenvalue weighted by Crippen LogP contribution is 2.48. The molecule has 0 spiro atoms. The molecule has 0 saturated carbocycles. The van der Waals surface area contributed by atoms with Crippen molar-refractivity contribution >= 4 is 33.7 Å². The van der Waals surface area contributed by atoms with Gasteiger partial charge in [0.25, 0.3) is 0 Å². The predicted octanol–water partition coefficient (Wildman–Crippen LogP) is 15.1. The number of fused-ring (bicyclic) bond motifs is 2. The van der Waals surface area contributed by atoms with Crippen LogP contribution >= 0.6 is 11.3 Å². The number of thiophene rings is 1. The van der Waals surface area contributed by atoms with Crippen LogP contribution in [0.5, 0.6) is 0 Å². The molecule has 0 bridgehead atoms. The molecule has 0 N–H and O–H groups in total. The first-order chi connectivity index (χ1) is 32.5. The quantitative estimate of drug-likeness (QED) is 0.114. The highest BCUT2D eigenvalue weighted by Gasteiger charge is 2.32. The lowest BCUT2D eigenvalue weighted by molar-refractivity contribution is 0.590. The van der Waals surface area contributed by atoms with Crippen LogP contribution in [0.2, 0.25) is 0 Å². The molecule has 0 atom stereocenters. The summed E-state index contributed by atoms with van der Waals surface area (Å²) in [6.45, 7) is 33.4. The van der Waals surface area contributed by atoms with E-state index in [9.17, 15) is 21.0 Å². The third-order valence-corrected chi connectivity index (χ3v) is 14.6. The summed E-state index contributed by atoms with van der Waals surface area (Å²) in [4.78, 5) is 2.39. The maximum Gasteiger partial charge on any atom is 0.160 e. The number of nitrogens with zero attached hydrogens (tertiary/aromatic N) is 5. The molecule has 1 aromatic heterocycles. The zero-order chi connectivity index (χ0) is 50.6. The Morgan fingerprint density at radius 2 is 0.942 bits per heavy atom. The van der Waals surface area contributed by atoms with E-state index in [1.807, 2.05) is 30.3 Å². The monoisotopic (exact) mass is 930 g/mol. The maximum absolute atomic E-state index is 10.7. The summed E-state index contributed by atoms with van der Waals surface area (Å²) < 4.78 is 1.61. The lowest BCUT2D eigenvalue weighted by Gasteiger charge is -2.25. The van der Waals surface area contributed by atoms with Gasteiger partial charge in [0.1, 0.15) is 17.7 Å². The molecule has 0 saturated heterocycles. The van der Waals surface area contributed by atoms with Gasteiger partial charge in [-0.1, -0.05) is 170 Å². The SMILES string of the molecule is CCCCN(CCCC)c1ccc(C(=C(C#N)C#N)/C(=c2\ccc(=C(c3cc(C(C)(C)C)c4ccc(C(C)(C)C)ccc3-4)c3cc(C(C)(C)C)c4ccc(C(C)(C)C)ccc3-4)s2)C(C#N)C#N)cc1. The van der Waals surface area contributed by atoms with Gasteiger partial charge in [0.05, 0.1) is 12.1 Å². The van der Waals surface area contributed by atoms with Crippen LogP contribution in [0.25, 0.3) is 39.0 Å². The number of benzene rings is 1. The Morgan fingerprint density at radius 3 is 1.32 bits per heavy atom. The van der Waals surface area contributed by atoms with Crippen molar-refractivity contribution in [3.8, 4) is 46.5 Å². The lowest BCUT2D eigenvalue weighted by atomic mass is 9.85. The summed E-state index contributed by atoms with van der Waals surface area (Å²) in [7, 11) is 0. The van der Waals surface area contributed by atoms with E-state index >= 15 is 0 Å². The number of anilines is 1. The Morgan fingerprint density at radius 1 is 0.522 bits per heavy atom. The van der Waals surface area contributed by atoms with Crippen molar-refractivity contribution in [3.05, 3.63) is 151 Å². The number of allylic oxidation sites excluding steroid dienone is 2. The number of nitriles is 4. The molecule has 0 amide bonds. The summed E-state index contributed by atoms with van der Waals surface area (Å²) in [5, 5.41) is 42.7. The molecule has 6 rings (SSSR count). The van der Waals surface area contributed by atoms with Gasteiger partial charge in [0, 0.05) is 44.6 Å². The second-order valence-electron chi connectivity index (χ2n) is 22.7. The third-order valence-electron chi connectivity index (χ3n) is 13.4. The molecule has 354 valence electrons. The second kappa shape index (κ2) is 20.7. The number of rotatable bonds is 12. The predicted molar refractivity (Wildman–Crippen MR) is 291 cm³/mol. The Kier molecular flexibility index (Phi) is 15.5. The molecule has 0 fully saturated rings. The average molecular weight is 930 g/mol. The van der Waals surface area contributed by atoms with Crippen LogP contribution in [0.3, 0.4) is 0 Å². The van der Waals surface area contributed by atoms with E-state index in [4.69, 9.17) is 0 Å². The molecule has 4 aliphatic carbocycles. The van der Waals surface area contributed by atoms with Gasteiger partial charge in [-0.3, -0.25) is 0 Å². The van der Waals surface area contributed by atoms with Crippen molar-refractivity contribution in [1.82, 2.24) is 0 Å². The van der Waals surface area contributed by atoms with E-state index in [0.29, 0.717) is 21.2 Å². The van der Waals surface area contributed by atoms with E-state index in [1.54, 1.807) is 0 Å². The first kappa shape index (κ1) is 51.9. The van der Waals surface area contributed by atoms with Crippen LogP contribution in [-0.4, -0.2) is 13.1 Å². The average Bonchev–Trinajstić information content (AvgIpc) is 3.90. The fraction of sp³-hybridized carbons (Fsp3) is 0.397. The summed E-state index contributed by atoms with van der Waals surface area (Å²) in [5.74, 6) is -1.26. The largest absolute Gasteiger partial charge is 0.372 e. The molecule has 2 aromatic rings. The van der Waals surface area contributed by atoms with Gasteiger partial charge in [-0.25, -0.2) is 0 Å². The smallest absolute Gasteiger partial charge is 0.160 e. The van der Waals surface area contributed by atoms with Crippen LogP contribution in [0, 0.1) is 51.2 Å². The van der Waals surface area contributed by atoms with Gasteiger partial charge < -0.3 is 4.90 Å². The normalized spacial score (nSPS) is 12.6. The van der Waals surface area contributed by atoms with E-state index in [2.05, 4.69) is 193 Å². The fourth-order valence-electron chi connectivity index (χ4n) is 9.43. The topological polar surface area (TPSA) is 98.4 Å². The van der Waals surface area contributed by atoms with Crippen molar-refractivity contribution in [2.45, 2.75) is 144 Å². The van der Waals surface area contributed by atoms with Gasteiger partial charge >= 0.3 is 0 Å². The summed E-state index contributed by atoms with van der Waals surface area (Å²) >= 11 is 1.51. The maximum atomic E-state index is 10.7. The molecule has 4 aliphatic rings. The minimum absolute atomic E-state index is 0.0677. The zero-order valence-corrected chi connectivity index (χ0v) is 44.5. The summed E-state index contributed by atoms with van der Waals surface area (Å²) in [6.07, 6.45) is 4.29. The molecular weight excluding hydrogens is 859 g/mol. The minimum atomic E-state index is -1.26. The van der Waals surface area contributed by atoms with Crippen molar-refractivity contribution in [3.63, 3.8) is 0 Å². The van der Waals surface area contributed by atoms with E-state index in [1.165, 1.54) is 44.7 Å². The highest BCUT2D eigenvalue weighted by molar-refractivity contribution is 7.08. The Labute approximate surface area is 418 Å². The standard InChI is InChI=1S/C63H71N5S/c1-15-17-33-68(34-18-16-2)46-25-19-41(20-26-46)57(42(37-64)38-65)58(43(39-66)40-67)55-31-32-56(69-55)59(51-35-53(62(9,10)11)49-29-23-44(60(3,4)5)21-27-47(49)51)52-36-54(63(12,13)14)50-30-24-45(61(6,7)8)22-28-48(50)52/h19-32,35-36,43H,15-18,33-34H2,1-14H3/b58-55+. The van der Waals surface area contributed by atoms with Crippen LogP contribution < -0.4 is 14.0 Å². The Bertz CT molecular complexity index is 2950. The van der Waals surface area contributed by atoms with Crippen molar-refractivity contribution < 1.29 is 0 Å². The van der Waals surface area contributed by atoms with Gasteiger partial charge in [-0.2, -0.15) is 21.0 Å². The van der Waals surface area contributed by atoms with E-state index in [0.717, 1.165) is 76.8 Å². The first-order valence-corrected chi connectivity index (χ1v) is 25.5. The lowest BCUT2D eigenvalue weighted by Crippen LogP contribution is -2.25. The summed E-state index contributed by atoms with van der Waals surface area (Å²) in [6, 6.07) is 43.9. The minimum Gasteiger partial charge on any atom is -0.372 e. The van der Waals surface area contributed by atoms with Crippen molar-refractivity contribution in [1.29, 1.82) is 21.0 Å². The molecule has 6 heteroatoms. The van der Waals surface area contributed by atoms with Gasteiger partial charge in [-0.15, -0.1) is 11.3 Å². The molecule has 1 heterocycles. The van der Waals surface area contributed by atoms with Gasteiger partial charge in [-0.05, 0) is 132 Å².